The normalized spacial score (nSPS) is 20.2. The minimum Gasteiger partial charge on any atom is -0.393 e. The molecule has 0 bridgehead atoms. The average molecular weight is 228 g/mol. The topological polar surface area (TPSA) is 20.2 Å². The summed E-state index contributed by atoms with van der Waals surface area (Å²) >= 11 is 0. The van der Waals surface area contributed by atoms with Crippen molar-refractivity contribution >= 4 is 0 Å². The third-order valence-corrected chi connectivity index (χ3v) is 4.74. The van der Waals surface area contributed by atoms with E-state index in [1.807, 2.05) is 6.92 Å². The summed E-state index contributed by atoms with van der Waals surface area (Å²) in [7, 11) is 0. The molecule has 1 nitrogen and oxygen atoms in total. The molecule has 0 fully saturated rings. The Balaban J connectivity index is 4.58. The second-order valence-electron chi connectivity index (χ2n) is 6.29. The molecule has 0 rings (SSSR count). The van der Waals surface area contributed by atoms with E-state index in [0.29, 0.717) is 11.8 Å². The first-order valence-electron chi connectivity index (χ1n) is 6.94. The lowest BCUT2D eigenvalue weighted by Crippen LogP contribution is -2.34. The molecule has 0 aliphatic heterocycles. The minimum absolute atomic E-state index is 0.193. The van der Waals surface area contributed by atoms with Crippen LogP contribution in [0, 0.1) is 23.2 Å². The van der Waals surface area contributed by atoms with Gasteiger partial charge in [0.2, 0.25) is 0 Å². The molecule has 0 amide bonds. The fraction of sp³-hybridized carbons (Fsp3) is 1.00. The van der Waals surface area contributed by atoms with Crippen molar-refractivity contribution in [2.24, 2.45) is 23.2 Å². The first kappa shape index (κ1) is 16.0. The van der Waals surface area contributed by atoms with Gasteiger partial charge in [-0.2, -0.15) is 0 Å². The van der Waals surface area contributed by atoms with Crippen LogP contribution in [0.15, 0.2) is 0 Å². The first-order chi connectivity index (χ1) is 7.26. The van der Waals surface area contributed by atoms with Gasteiger partial charge in [0, 0.05) is 0 Å². The molecular weight excluding hydrogens is 196 g/mol. The van der Waals surface area contributed by atoms with Crippen LogP contribution in [0.2, 0.25) is 0 Å². The molecule has 0 aliphatic carbocycles. The third kappa shape index (κ3) is 4.45. The first-order valence-corrected chi connectivity index (χ1v) is 6.94. The second kappa shape index (κ2) is 6.64. The molecule has 0 spiro atoms. The Morgan fingerprint density at radius 3 is 1.81 bits per heavy atom. The van der Waals surface area contributed by atoms with Gasteiger partial charge >= 0.3 is 0 Å². The van der Waals surface area contributed by atoms with Gasteiger partial charge in [-0.3, -0.25) is 0 Å². The van der Waals surface area contributed by atoms with E-state index in [1.165, 1.54) is 6.42 Å². The van der Waals surface area contributed by atoms with E-state index in [1.54, 1.807) is 0 Å². The average Bonchev–Trinajstić information content (AvgIpc) is 2.23. The van der Waals surface area contributed by atoms with Crippen LogP contribution in [0.5, 0.6) is 0 Å². The molecule has 1 N–H and O–H groups in total. The van der Waals surface area contributed by atoms with Gasteiger partial charge in [-0.15, -0.1) is 0 Å². The monoisotopic (exact) mass is 228 g/mol. The molecule has 0 heterocycles. The van der Waals surface area contributed by atoms with Gasteiger partial charge in [-0.1, -0.05) is 54.4 Å². The fourth-order valence-corrected chi connectivity index (χ4v) is 2.47. The van der Waals surface area contributed by atoms with Crippen LogP contribution >= 0.6 is 0 Å². The van der Waals surface area contributed by atoms with Crippen molar-refractivity contribution < 1.29 is 5.11 Å². The van der Waals surface area contributed by atoms with Crippen LogP contribution in [0.3, 0.4) is 0 Å². The van der Waals surface area contributed by atoms with E-state index < -0.39 is 0 Å². The van der Waals surface area contributed by atoms with Crippen LogP contribution in [0.25, 0.3) is 0 Å². The Morgan fingerprint density at radius 2 is 1.50 bits per heavy atom. The molecule has 0 saturated heterocycles. The quantitative estimate of drug-likeness (QED) is 0.680. The molecule has 4 atom stereocenters. The van der Waals surface area contributed by atoms with Crippen molar-refractivity contribution in [3.63, 3.8) is 0 Å². The van der Waals surface area contributed by atoms with Crippen molar-refractivity contribution in [1.82, 2.24) is 0 Å². The maximum Gasteiger partial charge on any atom is 0.0545 e. The molecule has 1 heteroatoms. The van der Waals surface area contributed by atoms with E-state index in [2.05, 4.69) is 41.5 Å². The molecule has 98 valence electrons. The smallest absolute Gasteiger partial charge is 0.0545 e. The van der Waals surface area contributed by atoms with Gasteiger partial charge in [0.15, 0.2) is 0 Å². The van der Waals surface area contributed by atoms with Crippen molar-refractivity contribution in [2.75, 3.05) is 0 Å². The second-order valence-corrected chi connectivity index (χ2v) is 6.29. The molecule has 0 saturated carbocycles. The maximum absolute atomic E-state index is 9.98. The van der Waals surface area contributed by atoms with Crippen molar-refractivity contribution in [3.05, 3.63) is 0 Å². The zero-order valence-corrected chi connectivity index (χ0v) is 12.4. The molecule has 0 aromatic rings. The van der Waals surface area contributed by atoms with E-state index >= 15 is 0 Å². The highest BCUT2D eigenvalue weighted by Gasteiger charge is 2.33. The van der Waals surface area contributed by atoms with Crippen LogP contribution < -0.4 is 0 Å². The lowest BCUT2D eigenvalue weighted by atomic mass is 9.69. The van der Waals surface area contributed by atoms with Crippen LogP contribution in [-0.4, -0.2) is 11.2 Å². The predicted molar refractivity (Wildman–Crippen MR) is 72.5 cm³/mol. The summed E-state index contributed by atoms with van der Waals surface area (Å²) in [6, 6.07) is 0. The van der Waals surface area contributed by atoms with Crippen LogP contribution in [0.1, 0.15) is 67.7 Å². The maximum atomic E-state index is 9.98. The predicted octanol–water partition coefficient (Wildman–Crippen LogP) is 4.49. The summed E-state index contributed by atoms with van der Waals surface area (Å²) in [5, 5.41) is 9.98. The third-order valence-electron chi connectivity index (χ3n) is 4.74. The highest BCUT2D eigenvalue weighted by atomic mass is 16.3. The standard InChI is InChI=1S/C15H32O/c1-8-11(3)12(4)10-14(13(5)16)15(6,7)9-2/h11-14,16H,8-10H2,1-7H3/t11?,12?,13-,14?/m0/s1. The minimum atomic E-state index is -0.193. The number of rotatable bonds is 7. The number of aliphatic hydroxyl groups is 1. The molecule has 0 aromatic carbocycles. The Morgan fingerprint density at radius 1 is 1.00 bits per heavy atom. The van der Waals surface area contributed by atoms with Gasteiger partial charge in [-0.05, 0) is 36.5 Å². The molecule has 0 radical (unpaired) electrons. The van der Waals surface area contributed by atoms with E-state index in [-0.39, 0.29) is 11.5 Å². The summed E-state index contributed by atoms with van der Waals surface area (Å²) in [6.07, 6.45) is 3.32. The Hall–Kier alpha value is -0.0400. The summed E-state index contributed by atoms with van der Waals surface area (Å²) < 4.78 is 0. The van der Waals surface area contributed by atoms with E-state index in [9.17, 15) is 5.11 Å². The van der Waals surface area contributed by atoms with Gasteiger partial charge < -0.3 is 5.11 Å². The Kier molecular flexibility index (Phi) is 6.62. The highest BCUT2D eigenvalue weighted by Crippen LogP contribution is 2.38. The van der Waals surface area contributed by atoms with Crippen LogP contribution in [0.4, 0.5) is 0 Å². The lowest BCUT2D eigenvalue weighted by molar-refractivity contribution is 0.0238. The summed E-state index contributed by atoms with van der Waals surface area (Å²) in [5.41, 5.74) is 0.246. The number of aliphatic hydroxyl groups excluding tert-OH is 1. The molecule has 0 aromatic heterocycles. The Labute approximate surface area is 103 Å². The van der Waals surface area contributed by atoms with Crippen LogP contribution in [-0.2, 0) is 0 Å². The molecule has 0 aliphatic rings. The van der Waals surface area contributed by atoms with E-state index in [4.69, 9.17) is 0 Å². The largest absolute Gasteiger partial charge is 0.393 e. The zero-order valence-electron chi connectivity index (χ0n) is 12.4. The van der Waals surface area contributed by atoms with Crippen molar-refractivity contribution in [1.29, 1.82) is 0 Å². The molecular formula is C15H32O. The van der Waals surface area contributed by atoms with Gasteiger partial charge in [0.25, 0.3) is 0 Å². The summed E-state index contributed by atoms with van der Waals surface area (Å²) in [5.74, 6) is 1.88. The molecule has 16 heavy (non-hydrogen) atoms. The van der Waals surface area contributed by atoms with Gasteiger partial charge in [0.05, 0.1) is 6.10 Å². The van der Waals surface area contributed by atoms with Gasteiger partial charge in [0.1, 0.15) is 0 Å². The SMILES string of the molecule is CCC(C)C(C)CC([C@H](C)O)C(C)(C)CC. The number of hydrogen-bond donors (Lipinski definition) is 1. The summed E-state index contributed by atoms with van der Waals surface area (Å²) in [6.45, 7) is 15.7. The molecule has 3 unspecified atom stereocenters. The fourth-order valence-electron chi connectivity index (χ4n) is 2.47. The van der Waals surface area contributed by atoms with E-state index in [0.717, 1.165) is 18.8 Å². The highest BCUT2D eigenvalue weighted by molar-refractivity contribution is 4.83. The van der Waals surface area contributed by atoms with Crippen molar-refractivity contribution in [3.8, 4) is 0 Å². The Bertz CT molecular complexity index is 184. The summed E-state index contributed by atoms with van der Waals surface area (Å²) in [4.78, 5) is 0. The lowest BCUT2D eigenvalue weighted by Gasteiger charge is -2.38. The number of hydrogen-bond acceptors (Lipinski definition) is 1. The van der Waals surface area contributed by atoms with Gasteiger partial charge in [-0.25, -0.2) is 0 Å². The zero-order chi connectivity index (χ0) is 12.9. The van der Waals surface area contributed by atoms with Crippen molar-refractivity contribution in [2.45, 2.75) is 73.8 Å².